The molecule has 104 valence electrons. The topological polar surface area (TPSA) is 76.9 Å². The molecule has 1 aromatic rings. The largest absolute Gasteiger partial charge is 0.260 e. The number of hydrogen-bond donors (Lipinski definition) is 1. The Hall–Kier alpha value is -0.470. The van der Waals surface area contributed by atoms with Gasteiger partial charge in [-0.3, -0.25) is 0 Å². The SMILES string of the molecule is Cn1nnc(Br)c1S(=O)(=O)NC1C2C3CCC(C3)C12. The van der Waals surface area contributed by atoms with Crippen LogP contribution < -0.4 is 4.72 Å². The monoisotopic (exact) mass is 346 g/mol. The molecule has 4 unspecified atom stereocenters. The lowest BCUT2D eigenvalue weighted by Gasteiger charge is -2.11. The van der Waals surface area contributed by atoms with Gasteiger partial charge in [-0.25, -0.2) is 17.8 Å². The number of aromatic nitrogens is 3. The first-order valence-corrected chi connectivity index (χ1v) is 8.84. The van der Waals surface area contributed by atoms with Gasteiger partial charge in [0.05, 0.1) is 0 Å². The summed E-state index contributed by atoms with van der Waals surface area (Å²) in [4.78, 5) is 0. The molecular weight excluding hydrogens is 332 g/mol. The molecule has 6 nitrogen and oxygen atoms in total. The Balaban J connectivity index is 1.58. The van der Waals surface area contributed by atoms with Crippen LogP contribution in [0.4, 0.5) is 0 Å². The van der Waals surface area contributed by atoms with E-state index in [-0.39, 0.29) is 15.7 Å². The van der Waals surface area contributed by atoms with E-state index in [2.05, 4.69) is 31.0 Å². The van der Waals surface area contributed by atoms with E-state index >= 15 is 0 Å². The van der Waals surface area contributed by atoms with Crippen molar-refractivity contribution < 1.29 is 8.42 Å². The lowest BCUT2D eigenvalue weighted by atomic mass is 10.0. The van der Waals surface area contributed by atoms with Gasteiger partial charge >= 0.3 is 0 Å². The summed E-state index contributed by atoms with van der Waals surface area (Å²) in [6, 6.07) is 0.137. The zero-order valence-electron chi connectivity index (χ0n) is 10.5. The lowest BCUT2D eigenvalue weighted by Crippen LogP contribution is -2.31. The van der Waals surface area contributed by atoms with E-state index in [0.717, 1.165) is 11.8 Å². The zero-order valence-corrected chi connectivity index (χ0v) is 12.9. The first-order valence-electron chi connectivity index (χ1n) is 6.56. The summed E-state index contributed by atoms with van der Waals surface area (Å²) in [5.41, 5.74) is 0. The summed E-state index contributed by atoms with van der Waals surface area (Å²) < 4.78 is 29.2. The maximum absolute atomic E-state index is 12.4. The smallest absolute Gasteiger partial charge is 0.235 e. The molecule has 2 bridgehead atoms. The summed E-state index contributed by atoms with van der Waals surface area (Å²) in [6.45, 7) is 0. The minimum absolute atomic E-state index is 0.116. The lowest BCUT2D eigenvalue weighted by molar-refractivity contribution is 0.456. The highest BCUT2D eigenvalue weighted by molar-refractivity contribution is 9.10. The third-order valence-electron chi connectivity index (χ3n) is 5.02. The second-order valence-electron chi connectivity index (χ2n) is 5.94. The van der Waals surface area contributed by atoms with Gasteiger partial charge in [0, 0.05) is 13.1 Å². The molecule has 4 rings (SSSR count). The molecule has 3 saturated carbocycles. The maximum atomic E-state index is 12.4. The van der Waals surface area contributed by atoms with Crippen molar-refractivity contribution in [2.24, 2.45) is 30.7 Å². The standard InChI is InChI=1S/C11H15BrN4O2S/c1-16-11(10(12)13-15-16)19(17,18)14-9-7-5-2-3-6(4-5)8(7)9/h5-9,14H,2-4H2,1H3. The van der Waals surface area contributed by atoms with Crippen LogP contribution in [0, 0.1) is 23.7 Å². The molecule has 0 aromatic carbocycles. The predicted octanol–water partition coefficient (Wildman–Crippen LogP) is 0.900. The van der Waals surface area contributed by atoms with Crippen LogP contribution in [0.25, 0.3) is 0 Å². The molecule has 8 heteroatoms. The van der Waals surface area contributed by atoms with Crippen LogP contribution in [-0.4, -0.2) is 29.5 Å². The number of halogens is 1. The van der Waals surface area contributed by atoms with Crippen LogP contribution in [0.3, 0.4) is 0 Å². The zero-order chi connectivity index (χ0) is 13.4. The molecule has 4 atom stereocenters. The number of rotatable bonds is 3. The molecule has 19 heavy (non-hydrogen) atoms. The molecule has 0 aliphatic heterocycles. The van der Waals surface area contributed by atoms with Gasteiger partial charge < -0.3 is 0 Å². The summed E-state index contributed by atoms with van der Waals surface area (Å²) >= 11 is 3.15. The molecule has 3 aliphatic rings. The first kappa shape index (κ1) is 12.3. The van der Waals surface area contributed by atoms with Crippen molar-refractivity contribution in [3.05, 3.63) is 4.60 Å². The summed E-state index contributed by atoms with van der Waals surface area (Å²) in [6.07, 6.45) is 3.87. The Labute approximate surface area is 120 Å². The number of nitrogens with zero attached hydrogens (tertiary/aromatic N) is 3. The van der Waals surface area contributed by atoms with Gasteiger partial charge in [0.2, 0.25) is 5.03 Å². The van der Waals surface area contributed by atoms with Crippen LogP contribution in [0.15, 0.2) is 9.63 Å². The van der Waals surface area contributed by atoms with Crippen molar-refractivity contribution in [3.8, 4) is 0 Å². The van der Waals surface area contributed by atoms with Crippen molar-refractivity contribution in [3.63, 3.8) is 0 Å². The van der Waals surface area contributed by atoms with Crippen molar-refractivity contribution in [1.82, 2.24) is 19.7 Å². The Morgan fingerprint density at radius 3 is 2.47 bits per heavy atom. The third kappa shape index (κ3) is 1.66. The van der Waals surface area contributed by atoms with Gasteiger partial charge in [0.15, 0.2) is 4.60 Å². The van der Waals surface area contributed by atoms with Crippen molar-refractivity contribution in [1.29, 1.82) is 0 Å². The highest BCUT2D eigenvalue weighted by Crippen LogP contribution is 2.65. The fourth-order valence-corrected chi connectivity index (χ4v) is 6.72. The highest BCUT2D eigenvalue weighted by Gasteiger charge is 2.65. The van der Waals surface area contributed by atoms with Gasteiger partial charge in [-0.1, -0.05) is 5.21 Å². The predicted molar refractivity (Wildman–Crippen MR) is 70.6 cm³/mol. The average molecular weight is 347 g/mol. The van der Waals surface area contributed by atoms with Crippen LogP contribution in [0.2, 0.25) is 0 Å². The summed E-state index contributed by atoms with van der Waals surface area (Å²) in [5.74, 6) is 2.65. The van der Waals surface area contributed by atoms with Gasteiger partial charge in [0.1, 0.15) is 0 Å². The summed E-state index contributed by atoms with van der Waals surface area (Å²) in [5, 5.41) is 7.58. The molecule has 0 radical (unpaired) electrons. The van der Waals surface area contributed by atoms with Crippen LogP contribution >= 0.6 is 15.9 Å². The van der Waals surface area contributed by atoms with Crippen molar-refractivity contribution in [2.75, 3.05) is 0 Å². The molecule has 3 fully saturated rings. The molecule has 0 saturated heterocycles. The Morgan fingerprint density at radius 2 is 1.95 bits per heavy atom. The number of nitrogens with one attached hydrogen (secondary N) is 1. The average Bonchev–Trinajstić information content (AvgIpc) is 2.71. The van der Waals surface area contributed by atoms with E-state index in [1.54, 1.807) is 7.05 Å². The molecule has 0 amide bonds. The Morgan fingerprint density at radius 1 is 1.32 bits per heavy atom. The minimum Gasteiger partial charge on any atom is -0.235 e. The Bertz CT molecular complexity index is 608. The fourth-order valence-electron chi connectivity index (χ4n) is 4.33. The first-order chi connectivity index (χ1) is 8.99. The normalized spacial score (nSPS) is 39.6. The van der Waals surface area contributed by atoms with E-state index in [0.29, 0.717) is 11.8 Å². The number of sulfonamides is 1. The van der Waals surface area contributed by atoms with Gasteiger partial charge in [0.25, 0.3) is 10.0 Å². The van der Waals surface area contributed by atoms with Crippen LogP contribution in [0.5, 0.6) is 0 Å². The van der Waals surface area contributed by atoms with Gasteiger partial charge in [-0.15, -0.1) is 5.10 Å². The molecule has 1 N–H and O–H groups in total. The maximum Gasteiger partial charge on any atom is 0.260 e. The molecule has 0 spiro atoms. The third-order valence-corrected chi connectivity index (χ3v) is 7.36. The molecule has 1 heterocycles. The van der Waals surface area contributed by atoms with Gasteiger partial charge in [-0.2, -0.15) is 0 Å². The second kappa shape index (κ2) is 3.79. The second-order valence-corrected chi connectivity index (χ2v) is 8.32. The number of fused-ring (bicyclic) bond motifs is 5. The highest BCUT2D eigenvalue weighted by atomic mass is 79.9. The number of aryl methyl sites for hydroxylation is 1. The summed E-state index contributed by atoms with van der Waals surface area (Å²) in [7, 11) is -1.95. The number of hydrogen-bond acceptors (Lipinski definition) is 4. The van der Waals surface area contributed by atoms with E-state index < -0.39 is 10.0 Å². The van der Waals surface area contributed by atoms with E-state index in [1.807, 2.05) is 0 Å². The van der Waals surface area contributed by atoms with Crippen molar-refractivity contribution >= 4 is 26.0 Å². The van der Waals surface area contributed by atoms with E-state index in [4.69, 9.17) is 0 Å². The minimum atomic E-state index is -3.54. The fraction of sp³-hybridized carbons (Fsp3) is 0.818. The molecule has 3 aliphatic carbocycles. The van der Waals surface area contributed by atoms with E-state index in [9.17, 15) is 8.42 Å². The Kier molecular flexibility index (Phi) is 2.45. The van der Waals surface area contributed by atoms with E-state index in [1.165, 1.54) is 23.9 Å². The van der Waals surface area contributed by atoms with Crippen LogP contribution in [0.1, 0.15) is 19.3 Å². The van der Waals surface area contributed by atoms with Crippen LogP contribution in [-0.2, 0) is 17.1 Å². The van der Waals surface area contributed by atoms with Gasteiger partial charge in [-0.05, 0) is 58.9 Å². The molecular formula is C11H15BrN4O2S. The quantitative estimate of drug-likeness (QED) is 0.881. The van der Waals surface area contributed by atoms with Crippen molar-refractivity contribution in [2.45, 2.75) is 30.3 Å². The molecule has 1 aromatic heterocycles.